The van der Waals surface area contributed by atoms with Crippen LogP contribution in [-0.4, -0.2) is 44.3 Å². The highest BCUT2D eigenvalue weighted by molar-refractivity contribution is 6.30. The zero-order valence-electron chi connectivity index (χ0n) is 19.6. The van der Waals surface area contributed by atoms with E-state index in [1.807, 2.05) is 6.92 Å². The van der Waals surface area contributed by atoms with Crippen molar-refractivity contribution < 1.29 is 28.6 Å². The molecule has 0 aliphatic heterocycles. The van der Waals surface area contributed by atoms with E-state index in [1.165, 1.54) is 13.3 Å². The summed E-state index contributed by atoms with van der Waals surface area (Å²) in [5.74, 6) is -0.286. The van der Waals surface area contributed by atoms with Crippen LogP contribution in [0.5, 0.6) is 17.2 Å². The van der Waals surface area contributed by atoms with Crippen LogP contribution >= 0.6 is 11.6 Å². The van der Waals surface area contributed by atoms with Crippen LogP contribution in [-0.2, 0) is 4.79 Å². The lowest BCUT2D eigenvalue weighted by molar-refractivity contribution is -0.120. The summed E-state index contributed by atoms with van der Waals surface area (Å²) in [6, 6.07) is 17.7. The maximum atomic E-state index is 12.5. The van der Waals surface area contributed by atoms with E-state index >= 15 is 0 Å². The van der Waals surface area contributed by atoms with Gasteiger partial charge in [-0.05, 0) is 79.2 Å². The van der Waals surface area contributed by atoms with E-state index in [0.29, 0.717) is 39.8 Å². The first-order valence-electron chi connectivity index (χ1n) is 10.9. The third kappa shape index (κ3) is 7.57. The lowest BCUT2D eigenvalue weighted by Crippen LogP contribution is -2.34. The van der Waals surface area contributed by atoms with Crippen molar-refractivity contribution in [3.05, 3.63) is 88.4 Å². The van der Waals surface area contributed by atoms with E-state index in [0.717, 1.165) is 0 Å². The van der Waals surface area contributed by atoms with E-state index in [2.05, 4.69) is 15.8 Å². The molecule has 3 aromatic rings. The molecule has 186 valence electrons. The molecule has 2 N–H and O–H groups in total. The number of esters is 1. The van der Waals surface area contributed by atoms with Crippen molar-refractivity contribution in [1.29, 1.82) is 0 Å². The lowest BCUT2D eigenvalue weighted by Gasteiger charge is -2.10. The largest absolute Gasteiger partial charge is 0.494 e. The van der Waals surface area contributed by atoms with Gasteiger partial charge in [-0.1, -0.05) is 11.6 Å². The molecule has 0 fully saturated rings. The second kappa shape index (κ2) is 12.9. The molecule has 0 spiro atoms. The minimum Gasteiger partial charge on any atom is -0.494 e. The number of hydrogen-bond donors (Lipinski definition) is 2. The minimum absolute atomic E-state index is 0.225. The topological polar surface area (TPSA) is 115 Å². The SMILES string of the molecule is CCOc1ccc(C(=O)Oc2ccc(C=NNC(=O)CNC(=O)c3ccc(Cl)cc3)cc2OC)cc1. The number of carbonyl (C=O) groups is 3. The van der Waals surface area contributed by atoms with Crippen LogP contribution in [0.25, 0.3) is 0 Å². The monoisotopic (exact) mass is 509 g/mol. The molecule has 0 bridgehead atoms. The average molecular weight is 510 g/mol. The van der Waals surface area contributed by atoms with Gasteiger partial charge in [0.1, 0.15) is 5.75 Å². The van der Waals surface area contributed by atoms with Gasteiger partial charge in [0.2, 0.25) is 0 Å². The zero-order chi connectivity index (χ0) is 25.9. The van der Waals surface area contributed by atoms with Crippen LogP contribution in [0.3, 0.4) is 0 Å². The summed E-state index contributed by atoms with van der Waals surface area (Å²) in [5, 5.41) is 6.87. The first-order chi connectivity index (χ1) is 17.4. The van der Waals surface area contributed by atoms with Gasteiger partial charge in [-0.3, -0.25) is 9.59 Å². The summed E-state index contributed by atoms with van der Waals surface area (Å²) in [5.41, 5.74) is 3.65. The molecule has 2 amide bonds. The summed E-state index contributed by atoms with van der Waals surface area (Å²) >= 11 is 5.80. The number of halogens is 1. The van der Waals surface area contributed by atoms with Crippen molar-refractivity contribution in [2.24, 2.45) is 5.10 Å². The Morgan fingerprint density at radius 3 is 2.31 bits per heavy atom. The number of rotatable bonds is 10. The Bertz CT molecular complexity index is 1240. The molecule has 0 atom stereocenters. The van der Waals surface area contributed by atoms with Crippen molar-refractivity contribution in [2.45, 2.75) is 6.92 Å². The molecular weight excluding hydrogens is 486 g/mol. The van der Waals surface area contributed by atoms with Crippen LogP contribution in [0.4, 0.5) is 0 Å². The fraction of sp³-hybridized carbons (Fsp3) is 0.154. The molecule has 0 aromatic heterocycles. The van der Waals surface area contributed by atoms with Gasteiger partial charge in [0.05, 0.1) is 32.0 Å². The van der Waals surface area contributed by atoms with Crippen molar-refractivity contribution in [2.75, 3.05) is 20.3 Å². The summed E-state index contributed by atoms with van der Waals surface area (Å²) in [6.07, 6.45) is 1.39. The Morgan fingerprint density at radius 1 is 0.944 bits per heavy atom. The summed E-state index contributed by atoms with van der Waals surface area (Å²) in [6.45, 7) is 2.14. The number of ether oxygens (including phenoxy) is 3. The highest BCUT2D eigenvalue weighted by atomic mass is 35.5. The van der Waals surface area contributed by atoms with Crippen molar-refractivity contribution in [3.8, 4) is 17.2 Å². The molecule has 36 heavy (non-hydrogen) atoms. The first-order valence-corrected chi connectivity index (χ1v) is 11.3. The average Bonchev–Trinajstić information content (AvgIpc) is 2.89. The molecule has 0 aliphatic carbocycles. The number of hydrogen-bond acceptors (Lipinski definition) is 7. The van der Waals surface area contributed by atoms with Crippen molar-refractivity contribution in [1.82, 2.24) is 10.7 Å². The molecule has 0 saturated carbocycles. The molecule has 0 aliphatic rings. The lowest BCUT2D eigenvalue weighted by atomic mass is 10.2. The van der Waals surface area contributed by atoms with Crippen LogP contribution < -0.4 is 25.0 Å². The number of benzene rings is 3. The predicted molar refractivity (Wildman–Crippen MR) is 135 cm³/mol. The van der Waals surface area contributed by atoms with Gasteiger partial charge >= 0.3 is 5.97 Å². The van der Waals surface area contributed by atoms with E-state index in [-0.39, 0.29) is 12.3 Å². The fourth-order valence-corrected chi connectivity index (χ4v) is 3.07. The number of nitrogens with one attached hydrogen (secondary N) is 2. The quantitative estimate of drug-likeness (QED) is 0.186. The molecule has 0 saturated heterocycles. The molecule has 9 nitrogen and oxygen atoms in total. The smallest absolute Gasteiger partial charge is 0.343 e. The highest BCUT2D eigenvalue weighted by Crippen LogP contribution is 2.28. The van der Waals surface area contributed by atoms with E-state index < -0.39 is 17.8 Å². The van der Waals surface area contributed by atoms with Gasteiger partial charge in [-0.15, -0.1) is 0 Å². The van der Waals surface area contributed by atoms with Crippen LogP contribution in [0.15, 0.2) is 71.8 Å². The van der Waals surface area contributed by atoms with Gasteiger partial charge < -0.3 is 19.5 Å². The number of nitrogens with zero attached hydrogens (tertiary/aromatic N) is 1. The van der Waals surface area contributed by atoms with Crippen LogP contribution in [0.1, 0.15) is 33.2 Å². The Morgan fingerprint density at radius 2 is 1.64 bits per heavy atom. The second-order valence-electron chi connectivity index (χ2n) is 7.24. The zero-order valence-corrected chi connectivity index (χ0v) is 20.4. The Hall–Kier alpha value is -4.37. The maximum absolute atomic E-state index is 12.5. The van der Waals surface area contributed by atoms with Crippen LogP contribution in [0, 0.1) is 0 Å². The standard InChI is InChI=1S/C26H24ClN3O6/c1-3-35-21-11-7-19(8-12-21)26(33)36-22-13-4-17(14-23(22)34-2)15-29-30-24(31)16-28-25(32)18-5-9-20(27)10-6-18/h4-15H,3,16H2,1-2H3,(H,28,32)(H,30,31). The second-order valence-corrected chi connectivity index (χ2v) is 7.68. The number of hydrazone groups is 1. The highest BCUT2D eigenvalue weighted by Gasteiger charge is 2.13. The molecular formula is C26H24ClN3O6. The van der Waals surface area contributed by atoms with E-state index in [4.69, 9.17) is 25.8 Å². The molecule has 0 heterocycles. The first kappa shape index (κ1) is 26.2. The molecule has 0 radical (unpaired) electrons. The van der Waals surface area contributed by atoms with E-state index in [9.17, 15) is 14.4 Å². The van der Waals surface area contributed by atoms with Crippen LogP contribution in [0.2, 0.25) is 5.02 Å². The normalized spacial score (nSPS) is 10.5. The summed E-state index contributed by atoms with van der Waals surface area (Å²) in [7, 11) is 1.44. The van der Waals surface area contributed by atoms with Gasteiger partial charge in [0.25, 0.3) is 11.8 Å². The number of methoxy groups -OCH3 is 1. The Kier molecular flexibility index (Phi) is 9.41. The Labute approximate surface area is 213 Å². The Balaban J connectivity index is 1.53. The summed E-state index contributed by atoms with van der Waals surface area (Å²) in [4.78, 5) is 36.5. The van der Waals surface area contributed by atoms with Gasteiger partial charge in [0.15, 0.2) is 11.5 Å². The van der Waals surface area contributed by atoms with Gasteiger partial charge in [-0.2, -0.15) is 5.10 Å². The van der Waals surface area contributed by atoms with Gasteiger partial charge in [-0.25, -0.2) is 10.2 Å². The number of amides is 2. The van der Waals surface area contributed by atoms with Crippen molar-refractivity contribution in [3.63, 3.8) is 0 Å². The van der Waals surface area contributed by atoms with Gasteiger partial charge in [0, 0.05) is 10.6 Å². The molecule has 3 rings (SSSR count). The molecule has 3 aromatic carbocycles. The maximum Gasteiger partial charge on any atom is 0.343 e. The van der Waals surface area contributed by atoms with Crippen molar-refractivity contribution >= 4 is 35.6 Å². The number of carbonyl (C=O) groups excluding carboxylic acids is 3. The van der Waals surface area contributed by atoms with E-state index in [1.54, 1.807) is 66.7 Å². The molecule has 0 unspecified atom stereocenters. The predicted octanol–water partition coefficient (Wildman–Crippen LogP) is 3.85. The fourth-order valence-electron chi connectivity index (χ4n) is 2.94. The third-order valence-electron chi connectivity index (χ3n) is 4.71. The third-order valence-corrected chi connectivity index (χ3v) is 4.96. The molecule has 10 heteroatoms. The minimum atomic E-state index is -0.550. The summed E-state index contributed by atoms with van der Waals surface area (Å²) < 4.78 is 16.1.